The van der Waals surface area contributed by atoms with Gasteiger partial charge in [-0.15, -0.1) is 0 Å². The lowest BCUT2D eigenvalue weighted by Gasteiger charge is -2.37. The molecule has 4 rings (SSSR count). The molecule has 0 N–H and O–H groups in total. The van der Waals surface area contributed by atoms with Crippen LogP contribution in [0.1, 0.15) is 16.7 Å². The maximum Gasteiger partial charge on any atom is 0.264 e. The summed E-state index contributed by atoms with van der Waals surface area (Å²) in [6.45, 7) is 7.46. The minimum absolute atomic E-state index is 0.151. The van der Waals surface area contributed by atoms with Crippen molar-refractivity contribution >= 4 is 27.3 Å². The van der Waals surface area contributed by atoms with Gasteiger partial charge in [0, 0.05) is 31.9 Å². The summed E-state index contributed by atoms with van der Waals surface area (Å²) in [5.41, 5.74) is 4.05. The first-order chi connectivity index (χ1) is 16.6. The molecule has 8 heteroatoms. The number of nitrogens with zero attached hydrogens (tertiary/aromatic N) is 3. The Morgan fingerprint density at radius 2 is 1.46 bits per heavy atom. The van der Waals surface area contributed by atoms with Crippen LogP contribution in [0.4, 0.5) is 15.8 Å². The number of hydrogen-bond donors (Lipinski definition) is 0. The Balaban J connectivity index is 1.56. The summed E-state index contributed by atoms with van der Waals surface area (Å²) in [7, 11) is -3.96. The SMILES string of the molecule is Cc1ccc(S(=O)(=O)N(CC(=O)N2CCN(c3ccc(F)cc3)CC2)c2cc(C)ccc2C)cc1. The second kappa shape index (κ2) is 10.1. The van der Waals surface area contributed by atoms with Crippen LogP contribution in [0.25, 0.3) is 0 Å². The van der Waals surface area contributed by atoms with E-state index in [9.17, 15) is 17.6 Å². The number of piperazine rings is 1. The normalized spacial score (nSPS) is 14.2. The quantitative estimate of drug-likeness (QED) is 0.512. The molecule has 1 saturated heterocycles. The van der Waals surface area contributed by atoms with Gasteiger partial charge in [0.05, 0.1) is 10.6 Å². The molecular formula is C27H30FN3O3S. The Hall–Kier alpha value is -3.39. The van der Waals surface area contributed by atoms with E-state index in [1.807, 2.05) is 32.9 Å². The fourth-order valence-electron chi connectivity index (χ4n) is 4.21. The molecule has 0 aromatic heterocycles. The van der Waals surface area contributed by atoms with Gasteiger partial charge in [0.1, 0.15) is 12.4 Å². The van der Waals surface area contributed by atoms with E-state index in [2.05, 4.69) is 4.90 Å². The Morgan fingerprint density at radius 1 is 0.857 bits per heavy atom. The van der Waals surface area contributed by atoms with Gasteiger partial charge in [-0.3, -0.25) is 9.10 Å². The lowest BCUT2D eigenvalue weighted by atomic mass is 10.1. The first-order valence-corrected chi connectivity index (χ1v) is 13.0. The maximum absolute atomic E-state index is 13.7. The zero-order chi connectivity index (χ0) is 25.2. The summed E-state index contributed by atoms with van der Waals surface area (Å²) >= 11 is 0. The van der Waals surface area contributed by atoms with Gasteiger partial charge in [-0.1, -0.05) is 29.8 Å². The lowest BCUT2D eigenvalue weighted by Crippen LogP contribution is -2.52. The van der Waals surface area contributed by atoms with Gasteiger partial charge in [-0.05, 0) is 74.4 Å². The van der Waals surface area contributed by atoms with Crippen LogP contribution in [0.15, 0.2) is 71.6 Å². The highest BCUT2D eigenvalue weighted by Gasteiger charge is 2.31. The fourth-order valence-corrected chi connectivity index (χ4v) is 5.68. The van der Waals surface area contributed by atoms with Crippen molar-refractivity contribution in [2.75, 3.05) is 41.9 Å². The number of benzene rings is 3. The first kappa shape index (κ1) is 24.7. The van der Waals surface area contributed by atoms with E-state index in [0.29, 0.717) is 31.9 Å². The van der Waals surface area contributed by atoms with Gasteiger partial charge in [0.15, 0.2) is 0 Å². The number of carbonyl (C=O) groups is 1. The molecule has 6 nitrogen and oxygen atoms in total. The third-order valence-corrected chi connectivity index (χ3v) is 8.12. The fraction of sp³-hybridized carbons (Fsp3) is 0.296. The number of rotatable bonds is 6. The van der Waals surface area contributed by atoms with Crippen LogP contribution in [0, 0.1) is 26.6 Å². The van der Waals surface area contributed by atoms with E-state index in [0.717, 1.165) is 22.4 Å². The van der Waals surface area contributed by atoms with E-state index in [1.54, 1.807) is 47.4 Å². The van der Waals surface area contributed by atoms with Crippen LogP contribution in [0.3, 0.4) is 0 Å². The van der Waals surface area contributed by atoms with Gasteiger partial charge >= 0.3 is 0 Å². The predicted octanol–water partition coefficient (Wildman–Crippen LogP) is 4.30. The zero-order valence-corrected chi connectivity index (χ0v) is 21.1. The summed E-state index contributed by atoms with van der Waals surface area (Å²) in [4.78, 5) is 17.3. The molecule has 184 valence electrons. The number of hydrogen-bond acceptors (Lipinski definition) is 4. The largest absolute Gasteiger partial charge is 0.368 e. The van der Waals surface area contributed by atoms with Crippen LogP contribution in [0.2, 0.25) is 0 Å². The van der Waals surface area contributed by atoms with E-state index in [1.165, 1.54) is 16.4 Å². The molecule has 3 aromatic carbocycles. The Bertz CT molecular complexity index is 1300. The third kappa shape index (κ3) is 5.48. The summed E-state index contributed by atoms with van der Waals surface area (Å²) in [5, 5.41) is 0. The predicted molar refractivity (Wildman–Crippen MR) is 137 cm³/mol. The van der Waals surface area contributed by atoms with Gasteiger partial charge in [0.2, 0.25) is 5.91 Å². The standard InChI is InChI=1S/C27H30FN3O3S/c1-20-5-12-25(13-6-20)35(33,34)31(26-18-21(2)4-7-22(26)3)19-27(32)30-16-14-29(15-17-30)24-10-8-23(28)9-11-24/h4-13,18H,14-17,19H2,1-3H3. The van der Waals surface area contributed by atoms with Crippen LogP contribution < -0.4 is 9.21 Å². The zero-order valence-electron chi connectivity index (χ0n) is 20.2. The molecule has 0 spiro atoms. The number of amides is 1. The van der Waals surface area contributed by atoms with Crippen molar-refractivity contribution in [3.05, 3.63) is 89.2 Å². The highest BCUT2D eigenvalue weighted by molar-refractivity contribution is 7.92. The average Bonchev–Trinajstić information content (AvgIpc) is 2.85. The van der Waals surface area contributed by atoms with Crippen molar-refractivity contribution < 1.29 is 17.6 Å². The molecule has 0 bridgehead atoms. The Labute approximate surface area is 206 Å². The highest BCUT2D eigenvalue weighted by Crippen LogP contribution is 2.28. The smallest absolute Gasteiger partial charge is 0.264 e. The molecule has 1 aliphatic heterocycles. The molecular weight excluding hydrogens is 465 g/mol. The molecule has 35 heavy (non-hydrogen) atoms. The maximum atomic E-state index is 13.7. The monoisotopic (exact) mass is 495 g/mol. The van der Waals surface area contributed by atoms with Crippen molar-refractivity contribution in [2.45, 2.75) is 25.7 Å². The van der Waals surface area contributed by atoms with E-state index >= 15 is 0 Å². The van der Waals surface area contributed by atoms with Crippen molar-refractivity contribution in [2.24, 2.45) is 0 Å². The van der Waals surface area contributed by atoms with E-state index in [4.69, 9.17) is 0 Å². The Morgan fingerprint density at radius 3 is 2.09 bits per heavy atom. The topological polar surface area (TPSA) is 60.9 Å². The molecule has 1 heterocycles. The third-order valence-electron chi connectivity index (χ3n) is 6.35. The van der Waals surface area contributed by atoms with Crippen molar-refractivity contribution in [1.29, 1.82) is 0 Å². The van der Waals surface area contributed by atoms with Crippen molar-refractivity contribution in [3.63, 3.8) is 0 Å². The summed E-state index contributed by atoms with van der Waals surface area (Å²) < 4.78 is 41.9. The van der Waals surface area contributed by atoms with E-state index in [-0.39, 0.29) is 23.2 Å². The number of halogens is 1. The number of carbonyl (C=O) groups excluding carboxylic acids is 1. The van der Waals surface area contributed by atoms with Crippen molar-refractivity contribution in [1.82, 2.24) is 4.90 Å². The molecule has 0 aliphatic carbocycles. The Kier molecular flexibility index (Phi) is 7.12. The summed E-state index contributed by atoms with van der Waals surface area (Å²) in [6, 6.07) is 18.6. The average molecular weight is 496 g/mol. The summed E-state index contributed by atoms with van der Waals surface area (Å²) in [6.07, 6.45) is 0. The number of aryl methyl sites for hydroxylation is 3. The van der Waals surface area contributed by atoms with Gasteiger partial charge < -0.3 is 9.80 Å². The number of anilines is 2. The second-order valence-electron chi connectivity index (χ2n) is 8.96. The number of sulfonamides is 1. The second-order valence-corrected chi connectivity index (χ2v) is 10.8. The van der Waals surface area contributed by atoms with Crippen molar-refractivity contribution in [3.8, 4) is 0 Å². The van der Waals surface area contributed by atoms with Crippen LogP contribution in [-0.4, -0.2) is 51.9 Å². The van der Waals surface area contributed by atoms with Crippen LogP contribution >= 0.6 is 0 Å². The van der Waals surface area contributed by atoms with Gasteiger partial charge in [0.25, 0.3) is 10.0 Å². The highest BCUT2D eigenvalue weighted by atomic mass is 32.2. The molecule has 0 radical (unpaired) electrons. The summed E-state index contributed by atoms with van der Waals surface area (Å²) in [5.74, 6) is -0.538. The molecule has 0 saturated carbocycles. The van der Waals surface area contributed by atoms with Crippen LogP contribution in [-0.2, 0) is 14.8 Å². The lowest BCUT2D eigenvalue weighted by molar-refractivity contribution is -0.129. The molecule has 1 fully saturated rings. The van der Waals surface area contributed by atoms with Crippen LogP contribution in [0.5, 0.6) is 0 Å². The molecule has 1 aliphatic rings. The first-order valence-electron chi connectivity index (χ1n) is 11.6. The van der Waals surface area contributed by atoms with E-state index < -0.39 is 10.0 Å². The molecule has 0 unspecified atom stereocenters. The minimum atomic E-state index is -3.96. The molecule has 1 amide bonds. The van der Waals surface area contributed by atoms with Gasteiger partial charge in [-0.25, -0.2) is 12.8 Å². The minimum Gasteiger partial charge on any atom is -0.368 e. The van der Waals surface area contributed by atoms with Gasteiger partial charge in [-0.2, -0.15) is 0 Å². The molecule has 3 aromatic rings. The molecule has 0 atom stereocenters.